The standard InChI is InChI=1S/C47H94N2O4S/c1-5-9-12-15-20-27-35-44(8-4)52-46(50)38-30-23-18-25-32-41-49(43-34-40-48-54)42-33-26-19-24-31-39-47(51)53-45(36-28-21-16-13-10-6-2)37-29-22-17-14-11-7-3/h44-45,48,54H,5-43H2,1-4H3. The number of nitrogens with zero attached hydrogens (tertiary/aromatic N) is 1. The van der Waals surface area contributed by atoms with Gasteiger partial charge in [-0.2, -0.15) is 0 Å². The fourth-order valence-corrected chi connectivity index (χ4v) is 7.70. The molecule has 0 spiro atoms. The molecule has 0 heterocycles. The van der Waals surface area contributed by atoms with E-state index >= 15 is 0 Å². The van der Waals surface area contributed by atoms with Crippen molar-refractivity contribution in [2.45, 2.75) is 265 Å². The van der Waals surface area contributed by atoms with E-state index in [-0.39, 0.29) is 24.1 Å². The van der Waals surface area contributed by atoms with Crippen molar-refractivity contribution in [1.29, 1.82) is 0 Å². The number of thiol groups is 1. The molecule has 0 aromatic rings. The van der Waals surface area contributed by atoms with E-state index in [9.17, 15) is 9.59 Å². The highest BCUT2D eigenvalue weighted by Crippen LogP contribution is 2.19. The van der Waals surface area contributed by atoms with Crippen molar-refractivity contribution in [2.24, 2.45) is 0 Å². The molecular formula is C47H94N2O4S. The number of hydrogen-bond acceptors (Lipinski definition) is 7. The van der Waals surface area contributed by atoms with Gasteiger partial charge < -0.3 is 14.4 Å². The van der Waals surface area contributed by atoms with E-state index in [0.29, 0.717) is 12.8 Å². The van der Waals surface area contributed by atoms with E-state index in [2.05, 4.69) is 50.1 Å². The predicted molar refractivity (Wildman–Crippen MR) is 237 cm³/mol. The largest absolute Gasteiger partial charge is 0.462 e. The Hall–Kier alpha value is -0.790. The van der Waals surface area contributed by atoms with E-state index < -0.39 is 0 Å². The summed E-state index contributed by atoms with van der Waals surface area (Å²) < 4.78 is 14.8. The highest BCUT2D eigenvalue weighted by atomic mass is 32.1. The molecule has 0 aromatic carbocycles. The molecule has 0 saturated heterocycles. The average molecular weight is 783 g/mol. The smallest absolute Gasteiger partial charge is 0.306 e. The van der Waals surface area contributed by atoms with Crippen molar-refractivity contribution in [3.05, 3.63) is 0 Å². The van der Waals surface area contributed by atoms with Gasteiger partial charge in [-0.3, -0.25) is 14.3 Å². The van der Waals surface area contributed by atoms with E-state index in [1.165, 1.54) is 154 Å². The third-order valence-electron chi connectivity index (χ3n) is 11.2. The topological polar surface area (TPSA) is 67.9 Å². The first-order chi connectivity index (χ1) is 26.5. The molecule has 0 aliphatic rings. The zero-order valence-corrected chi connectivity index (χ0v) is 37.7. The molecule has 0 aliphatic heterocycles. The molecule has 0 rings (SSSR count). The Bertz CT molecular complexity index is 769. The van der Waals surface area contributed by atoms with Gasteiger partial charge in [0.05, 0.1) is 0 Å². The number of carbonyl (C=O) groups is 2. The number of carbonyl (C=O) groups excluding carboxylic acids is 2. The summed E-state index contributed by atoms with van der Waals surface area (Å²) >= 11 is 4.18. The van der Waals surface area contributed by atoms with Gasteiger partial charge in [0.1, 0.15) is 12.2 Å². The first-order valence-corrected chi connectivity index (χ1v) is 24.4. The first-order valence-electron chi connectivity index (χ1n) is 24.0. The molecular weight excluding hydrogens is 689 g/mol. The third-order valence-corrected chi connectivity index (χ3v) is 11.4. The van der Waals surface area contributed by atoms with Crippen molar-refractivity contribution in [3.63, 3.8) is 0 Å². The van der Waals surface area contributed by atoms with Crippen LogP contribution < -0.4 is 4.72 Å². The molecule has 1 atom stereocenters. The van der Waals surface area contributed by atoms with Crippen LogP contribution in [0.5, 0.6) is 0 Å². The average Bonchev–Trinajstić information content (AvgIpc) is 3.17. The molecule has 1 unspecified atom stereocenters. The van der Waals surface area contributed by atoms with Crippen LogP contribution in [0.1, 0.15) is 252 Å². The van der Waals surface area contributed by atoms with Crippen molar-refractivity contribution in [2.75, 3.05) is 26.2 Å². The summed E-state index contributed by atoms with van der Waals surface area (Å²) in [6.45, 7) is 13.3. The van der Waals surface area contributed by atoms with Crippen molar-refractivity contribution < 1.29 is 19.1 Å². The van der Waals surface area contributed by atoms with Crippen LogP contribution in [-0.2, 0) is 19.1 Å². The summed E-state index contributed by atoms with van der Waals surface area (Å²) in [4.78, 5) is 27.8. The van der Waals surface area contributed by atoms with Crippen LogP contribution in [0.3, 0.4) is 0 Å². The molecule has 6 nitrogen and oxygen atoms in total. The molecule has 54 heavy (non-hydrogen) atoms. The predicted octanol–water partition coefficient (Wildman–Crippen LogP) is 14.3. The Balaban J connectivity index is 4.19. The minimum absolute atomic E-state index is 0.00276. The molecule has 0 aromatic heterocycles. The lowest BCUT2D eigenvalue weighted by Crippen LogP contribution is -2.28. The second kappa shape index (κ2) is 43.3. The van der Waals surface area contributed by atoms with E-state index in [0.717, 1.165) is 84.0 Å². The fraction of sp³-hybridized carbons (Fsp3) is 0.957. The summed E-state index contributed by atoms with van der Waals surface area (Å²) in [7, 11) is 0. The van der Waals surface area contributed by atoms with Crippen molar-refractivity contribution in [3.8, 4) is 0 Å². The van der Waals surface area contributed by atoms with E-state index in [1.54, 1.807) is 0 Å². The van der Waals surface area contributed by atoms with Gasteiger partial charge in [-0.05, 0) is 96.7 Å². The van der Waals surface area contributed by atoms with E-state index in [4.69, 9.17) is 9.47 Å². The van der Waals surface area contributed by atoms with Crippen LogP contribution in [0.15, 0.2) is 0 Å². The number of esters is 2. The van der Waals surface area contributed by atoms with Crippen LogP contribution in [0.25, 0.3) is 0 Å². The summed E-state index contributed by atoms with van der Waals surface area (Å²) in [6, 6.07) is 0. The fourth-order valence-electron chi connectivity index (χ4n) is 7.54. The Morgan fingerprint density at radius 2 is 0.778 bits per heavy atom. The zero-order chi connectivity index (χ0) is 39.6. The highest BCUT2D eigenvalue weighted by Gasteiger charge is 2.15. The van der Waals surface area contributed by atoms with Crippen LogP contribution in [0.2, 0.25) is 0 Å². The Kier molecular flexibility index (Phi) is 42.7. The number of ether oxygens (including phenoxy) is 2. The van der Waals surface area contributed by atoms with Gasteiger partial charge in [0.2, 0.25) is 0 Å². The molecule has 0 aliphatic carbocycles. The second-order valence-corrected chi connectivity index (χ2v) is 16.8. The summed E-state index contributed by atoms with van der Waals surface area (Å²) in [5, 5.41) is 0. The van der Waals surface area contributed by atoms with Gasteiger partial charge in [-0.15, -0.1) is 0 Å². The molecule has 0 saturated carbocycles. The Morgan fingerprint density at radius 3 is 1.19 bits per heavy atom. The molecule has 0 amide bonds. The second-order valence-electron chi connectivity index (χ2n) is 16.4. The maximum absolute atomic E-state index is 12.8. The van der Waals surface area contributed by atoms with Crippen LogP contribution in [0.4, 0.5) is 0 Å². The third kappa shape index (κ3) is 38.1. The van der Waals surface area contributed by atoms with Gasteiger partial charge in [0.25, 0.3) is 0 Å². The van der Waals surface area contributed by atoms with Crippen LogP contribution in [0, 0.1) is 0 Å². The number of unbranched alkanes of at least 4 members (excludes halogenated alkanes) is 23. The van der Waals surface area contributed by atoms with Crippen LogP contribution >= 0.6 is 12.8 Å². The number of hydrogen-bond donors (Lipinski definition) is 2. The van der Waals surface area contributed by atoms with Gasteiger partial charge in [0.15, 0.2) is 0 Å². The summed E-state index contributed by atoms with van der Waals surface area (Å²) in [6.07, 6.45) is 41.1. The molecule has 1 N–H and O–H groups in total. The summed E-state index contributed by atoms with van der Waals surface area (Å²) in [5.74, 6) is 0.0350. The maximum Gasteiger partial charge on any atom is 0.306 e. The summed E-state index contributed by atoms with van der Waals surface area (Å²) in [5.41, 5.74) is 0. The lowest BCUT2D eigenvalue weighted by Gasteiger charge is -2.22. The maximum atomic E-state index is 12.8. The monoisotopic (exact) mass is 783 g/mol. The highest BCUT2D eigenvalue weighted by molar-refractivity contribution is 7.78. The molecule has 0 radical (unpaired) electrons. The van der Waals surface area contributed by atoms with E-state index in [1.807, 2.05) is 0 Å². The Labute approximate surface area is 343 Å². The van der Waals surface area contributed by atoms with Gasteiger partial charge in [-0.1, -0.05) is 175 Å². The van der Waals surface area contributed by atoms with Crippen molar-refractivity contribution >= 4 is 24.8 Å². The van der Waals surface area contributed by atoms with Gasteiger partial charge in [0, 0.05) is 19.4 Å². The zero-order valence-electron chi connectivity index (χ0n) is 36.8. The number of rotatable bonds is 44. The Morgan fingerprint density at radius 1 is 0.444 bits per heavy atom. The van der Waals surface area contributed by atoms with Crippen molar-refractivity contribution in [1.82, 2.24) is 9.62 Å². The van der Waals surface area contributed by atoms with Crippen LogP contribution in [-0.4, -0.2) is 55.2 Å². The molecule has 0 bridgehead atoms. The SMILES string of the molecule is CCCCCCCCC(CC)OC(=O)CCCCCCCN(CCCCCCCC(=O)OC(CCCCCCCC)CCCCCCCC)CCCNS. The quantitative estimate of drug-likeness (QED) is 0.0364. The lowest BCUT2D eigenvalue weighted by molar-refractivity contribution is -0.150. The number of nitrogens with one attached hydrogen (secondary N) is 1. The molecule has 322 valence electrons. The van der Waals surface area contributed by atoms with Gasteiger partial charge in [-0.25, -0.2) is 0 Å². The minimum Gasteiger partial charge on any atom is -0.462 e. The first kappa shape index (κ1) is 53.2. The molecule has 7 heteroatoms. The normalized spacial score (nSPS) is 12.2. The van der Waals surface area contributed by atoms with Gasteiger partial charge >= 0.3 is 11.9 Å². The minimum atomic E-state index is 0.00276. The lowest BCUT2D eigenvalue weighted by atomic mass is 10.0. The molecule has 0 fully saturated rings.